The Labute approximate surface area is 181 Å². The van der Waals surface area contributed by atoms with Crippen LogP contribution in [0.3, 0.4) is 0 Å². The molecule has 152 valence electrons. The van der Waals surface area contributed by atoms with E-state index in [4.69, 9.17) is 17.0 Å². The predicted molar refractivity (Wildman–Crippen MR) is 121 cm³/mol. The lowest BCUT2D eigenvalue weighted by Crippen LogP contribution is -2.34. The van der Waals surface area contributed by atoms with Crippen LogP contribution in [-0.4, -0.2) is 17.6 Å². The van der Waals surface area contributed by atoms with E-state index in [1.54, 1.807) is 35.6 Å². The molecule has 2 N–H and O–H groups in total. The van der Waals surface area contributed by atoms with Crippen molar-refractivity contribution in [2.45, 2.75) is 46.0 Å². The zero-order valence-corrected chi connectivity index (χ0v) is 18.3. The van der Waals surface area contributed by atoms with E-state index in [1.807, 2.05) is 0 Å². The maximum absolute atomic E-state index is 12.5. The van der Waals surface area contributed by atoms with Crippen LogP contribution in [0.2, 0.25) is 0 Å². The van der Waals surface area contributed by atoms with Crippen LogP contribution in [0.25, 0.3) is 0 Å². The second-order valence-corrected chi connectivity index (χ2v) is 8.82. The second kappa shape index (κ2) is 9.86. The van der Waals surface area contributed by atoms with Crippen LogP contribution in [0.15, 0.2) is 24.3 Å². The molecule has 0 aliphatic heterocycles. The Morgan fingerprint density at radius 1 is 1.38 bits per heavy atom. The summed E-state index contributed by atoms with van der Waals surface area (Å²) in [6, 6.07) is 9.29. The Bertz CT molecular complexity index is 929. The lowest BCUT2D eigenvalue weighted by molar-refractivity contribution is 0.0977. The minimum atomic E-state index is -0.295. The van der Waals surface area contributed by atoms with Crippen molar-refractivity contribution in [2.24, 2.45) is 5.92 Å². The first-order valence-electron chi connectivity index (χ1n) is 9.91. The molecule has 1 amide bonds. The van der Waals surface area contributed by atoms with E-state index in [9.17, 15) is 10.1 Å². The van der Waals surface area contributed by atoms with E-state index in [0.717, 1.165) is 48.4 Å². The Kier molecular flexibility index (Phi) is 7.24. The van der Waals surface area contributed by atoms with Gasteiger partial charge in [0, 0.05) is 10.4 Å². The maximum Gasteiger partial charge on any atom is 0.257 e. The number of ether oxygens (including phenoxy) is 1. The highest BCUT2D eigenvalue weighted by Gasteiger charge is 2.24. The number of fused-ring (bicyclic) bond motifs is 1. The van der Waals surface area contributed by atoms with Gasteiger partial charge in [0.1, 0.15) is 16.8 Å². The minimum Gasteiger partial charge on any atom is -0.494 e. The van der Waals surface area contributed by atoms with Crippen LogP contribution in [0.1, 0.15) is 59.5 Å². The molecular weight excluding hydrogens is 402 g/mol. The molecule has 1 atom stereocenters. The molecule has 1 aromatic carbocycles. The molecule has 1 unspecified atom stereocenters. The molecule has 3 rings (SSSR count). The summed E-state index contributed by atoms with van der Waals surface area (Å²) in [5, 5.41) is 16.2. The van der Waals surface area contributed by atoms with Crippen LogP contribution < -0.4 is 15.4 Å². The summed E-state index contributed by atoms with van der Waals surface area (Å²) in [6.07, 6.45) is 5.07. The van der Waals surface area contributed by atoms with E-state index < -0.39 is 0 Å². The monoisotopic (exact) mass is 427 g/mol. The average molecular weight is 428 g/mol. The van der Waals surface area contributed by atoms with Gasteiger partial charge in [-0.15, -0.1) is 11.3 Å². The molecular formula is C22H25N3O2S2. The Balaban J connectivity index is 1.61. The predicted octanol–water partition coefficient (Wildman–Crippen LogP) is 5.05. The van der Waals surface area contributed by atoms with Crippen LogP contribution >= 0.6 is 23.6 Å². The van der Waals surface area contributed by atoms with Gasteiger partial charge in [-0.1, -0.05) is 20.3 Å². The van der Waals surface area contributed by atoms with Gasteiger partial charge in [-0.05, 0) is 73.6 Å². The molecule has 0 fully saturated rings. The number of nitriles is 1. The van der Waals surface area contributed by atoms with Crippen molar-refractivity contribution in [3.8, 4) is 11.8 Å². The van der Waals surface area contributed by atoms with E-state index >= 15 is 0 Å². The number of anilines is 1. The van der Waals surface area contributed by atoms with Gasteiger partial charge in [0.25, 0.3) is 5.91 Å². The zero-order chi connectivity index (χ0) is 20.8. The van der Waals surface area contributed by atoms with Crippen molar-refractivity contribution in [3.63, 3.8) is 0 Å². The summed E-state index contributed by atoms with van der Waals surface area (Å²) in [6.45, 7) is 5.01. The number of thiophene rings is 1. The van der Waals surface area contributed by atoms with Gasteiger partial charge in [0.05, 0.1) is 12.2 Å². The largest absolute Gasteiger partial charge is 0.494 e. The highest BCUT2D eigenvalue weighted by atomic mass is 32.1. The molecule has 0 spiro atoms. The number of thiocarbonyl (C=S) groups is 1. The molecule has 2 aromatic rings. The van der Waals surface area contributed by atoms with E-state index in [2.05, 4.69) is 30.6 Å². The fourth-order valence-electron chi connectivity index (χ4n) is 3.30. The summed E-state index contributed by atoms with van der Waals surface area (Å²) in [7, 11) is 0. The van der Waals surface area contributed by atoms with Gasteiger partial charge in [-0.25, -0.2) is 0 Å². The Morgan fingerprint density at radius 2 is 2.14 bits per heavy atom. The number of nitrogens with zero attached hydrogens (tertiary/aromatic N) is 1. The van der Waals surface area contributed by atoms with Gasteiger partial charge in [-0.3, -0.25) is 10.1 Å². The van der Waals surface area contributed by atoms with E-state index in [0.29, 0.717) is 23.7 Å². The van der Waals surface area contributed by atoms with Crippen molar-refractivity contribution in [2.75, 3.05) is 11.9 Å². The number of rotatable bonds is 6. The molecule has 7 heteroatoms. The number of unbranched alkanes of at least 4 members (excludes halogenated alkanes) is 1. The van der Waals surface area contributed by atoms with E-state index in [-0.39, 0.29) is 11.0 Å². The molecule has 1 aliphatic carbocycles. The maximum atomic E-state index is 12.5. The first-order valence-corrected chi connectivity index (χ1v) is 11.1. The first kappa shape index (κ1) is 21.3. The number of hydrogen-bond donors (Lipinski definition) is 2. The fraction of sp³-hybridized carbons (Fsp3) is 0.409. The van der Waals surface area contributed by atoms with Gasteiger partial charge >= 0.3 is 0 Å². The molecule has 5 nitrogen and oxygen atoms in total. The summed E-state index contributed by atoms with van der Waals surface area (Å²) in [5.41, 5.74) is 2.28. The quantitative estimate of drug-likeness (QED) is 0.498. The van der Waals surface area contributed by atoms with Crippen molar-refractivity contribution >= 4 is 39.6 Å². The SMILES string of the molecule is CCCCOc1ccc(C(=O)NC(=S)Nc2sc3c(c2C#N)CCC(C)C3)cc1. The number of amides is 1. The summed E-state index contributed by atoms with van der Waals surface area (Å²) in [4.78, 5) is 13.7. The topological polar surface area (TPSA) is 74.2 Å². The second-order valence-electron chi connectivity index (χ2n) is 7.30. The molecule has 0 saturated heterocycles. The van der Waals surface area contributed by atoms with Gasteiger partial charge in [0.2, 0.25) is 0 Å². The van der Waals surface area contributed by atoms with Crippen molar-refractivity contribution < 1.29 is 9.53 Å². The van der Waals surface area contributed by atoms with Crippen LogP contribution in [0.5, 0.6) is 5.75 Å². The lowest BCUT2D eigenvalue weighted by atomic mass is 9.89. The van der Waals surface area contributed by atoms with Crippen molar-refractivity contribution in [1.29, 1.82) is 5.26 Å². The lowest BCUT2D eigenvalue weighted by Gasteiger charge is -2.17. The van der Waals surface area contributed by atoms with Gasteiger partial charge in [0.15, 0.2) is 5.11 Å². The summed E-state index contributed by atoms with van der Waals surface area (Å²) >= 11 is 6.87. The van der Waals surface area contributed by atoms with E-state index in [1.165, 1.54) is 4.88 Å². The highest BCUT2D eigenvalue weighted by molar-refractivity contribution is 7.80. The van der Waals surface area contributed by atoms with Gasteiger partial charge < -0.3 is 10.1 Å². The number of carbonyl (C=O) groups excluding carboxylic acids is 1. The zero-order valence-electron chi connectivity index (χ0n) is 16.7. The number of nitrogens with one attached hydrogen (secondary N) is 2. The van der Waals surface area contributed by atoms with Gasteiger partial charge in [-0.2, -0.15) is 5.26 Å². The molecule has 0 radical (unpaired) electrons. The molecule has 0 bridgehead atoms. The molecule has 1 aromatic heterocycles. The van der Waals surface area contributed by atoms with Crippen LogP contribution in [-0.2, 0) is 12.8 Å². The third-order valence-corrected chi connectivity index (χ3v) is 6.33. The molecule has 29 heavy (non-hydrogen) atoms. The smallest absolute Gasteiger partial charge is 0.257 e. The number of hydrogen-bond acceptors (Lipinski definition) is 5. The third-order valence-electron chi connectivity index (χ3n) is 4.96. The normalized spacial score (nSPS) is 15.1. The summed E-state index contributed by atoms with van der Waals surface area (Å²) in [5.74, 6) is 1.07. The third kappa shape index (κ3) is 5.34. The van der Waals surface area contributed by atoms with Crippen LogP contribution in [0.4, 0.5) is 5.00 Å². The number of carbonyl (C=O) groups is 1. The average Bonchev–Trinajstić information content (AvgIpc) is 3.04. The van der Waals surface area contributed by atoms with Crippen LogP contribution in [0, 0.1) is 17.2 Å². The van der Waals surface area contributed by atoms with Crippen molar-refractivity contribution in [1.82, 2.24) is 5.32 Å². The Morgan fingerprint density at radius 3 is 2.83 bits per heavy atom. The first-order chi connectivity index (χ1) is 14.0. The molecule has 1 aliphatic rings. The Hall–Kier alpha value is -2.43. The number of benzene rings is 1. The fourth-order valence-corrected chi connectivity index (χ4v) is 4.93. The standard InChI is InChI=1S/C22H25N3O2S2/c1-3-4-11-27-16-8-6-15(7-9-16)20(26)24-22(28)25-21-18(13-23)17-10-5-14(2)12-19(17)29-21/h6-9,14H,3-5,10-12H2,1-2H3,(H2,24,25,26,28). The molecule has 0 saturated carbocycles. The summed E-state index contributed by atoms with van der Waals surface area (Å²) < 4.78 is 5.62. The highest BCUT2D eigenvalue weighted by Crippen LogP contribution is 2.39. The molecule has 1 heterocycles. The minimum absolute atomic E-state index is 0.196. The van der Waals surface area contributed by atoms with Crippen molar-refractivity contribution in [3.05, 3.63) is 45.8 Å².